The van der Waals surface area contributed by atoms with Gasteiger partial charge in [-0.05, 0) is 72.9 Å². The molecule has 3 aromatic carbocycles. The van der Waals surface area contributed by atoms with Gasteiger partial charge < -0.3 is 40.1 Å². The van der Waals surface area contributed by atoms with Gasteiger partial charge in [0.05, 0.1) is 54.0 Å². The summed E-state index contributed by atoms with van der Waals surface area (Å²) in [6.45, 7) is 0.995. The minimum atomic E-state index is -4.68. The van der Waals surface area contributed by atoms with E-state index in [0.717, 1.165) is 56.4 Å². The monoisotopic (exact) mass is 801 g/mol. The number of ether oxygens (including phenoxy) is 2. The second-order valence-electron chi connectivity index (χ2n) is 13.3. The van der Waals surface area contributed by atoms with Gasteiger partial charge in [0.2, 0.25) is 0 Å². The van der Waals surface area contributed by atoms with Crippen molar-refractivity contribution in [2.75, 3.05) is 29.9 Å². The Hall–Kier alpha value is -4.95. The molecule has 4 aromatic rings. The van der Waals surface area contributed by atoms with Gasteiger partial charge in [0.25, 0.3) is 11.8 Å². The molecule has 0 radical (unpaired) electrons. The molecule has 2 saturated heterocycles. The van der Waals surface area contributed by atoms with Crippen LogP contribution in [0.5, 0.6) is 0 Å². The van der Waals surface area contributed by atoms with E-state index in [0.29, 0.717) is 11.3 Å². The Morgan fingerprint density at radius 2 is 1.79 bits per heavy atom. The predicted octanol–water partition coefficient (Wildman–Crippen LogP) is 3.32. The van der Waals surface area contributed by atoms with Crippen molar-refractivity contribution in [1.82, 2.24) is 20.4 Å². The number of hydrogen-bond acceptors (Lipinski definition) is 12. The number of amides is 2. The average Bonchev–Trinajstić information content (AvgIpc) is 3.64. The maximum atomic E-state index is 13.6. The number of benzene rings is 3. The number of hydrazone groups is 1. The van der Waals surface area contributed by atoms with Gasteiger partial charge in [0.1, 0.15) is 30.1 Å². The Balaban J connectivity index is 1.13. The van der Waals surface area contributed by atoms with Crippen LogP contribution in [0.15, 0.2) is 72.0 Å². The van der Waals surface area contributed by atoms with Gasteiger partial charge in [-0.1, -0.05) is 35.0 Å². The van der Waals surface area contributed by atoms with Crippen molar-refractivity contribution in [3.05, 3.63) is 105 Å². The number of aromatic nitrogens is 3. The molecule has 19 heteroatoms. The number of alkyl halides is 3. The summed E-state index contributed by atoms with van der Waals surface area (Å²) in [6, 6.07) is 15.0. The first-order valence-corrected chi connectivity index (χ1v) is 18.0. The number of carbonyl (C=O) groups is 2. The standard InChI is InChI=1S/C37H39ClF3N7O8/c38-28-9-7-21(14-27(28)37(39,40)41)16-42-45-35(54)26-15-25(47-11-2-1-3-12-47)8-10-29(26)43-34(53)23-6-4-5-22(13-23)17-48-18-24(44-46-48)20-55-36-33(52)32(51)31(50)30(19-49)56-36/h4-10,13-16,18,30-33,36,49-52H,1-3,11-12,17,19-20H2,(H,43,53)(H,45,54)/b42-16+/t30-,31-,32+,33-,36?/m0/s1. The summed E-state index contributed by atoms with van der Waals surface area (Å²) in [6.07, 6.45) is -6.14. The van der Waals surface area contributed by atoms with Gasteiger partial charge >= 0.3 is 6.18 Å². The Labute approximate surface area is 323 Å². The minimum Gasteiger partial charge on any atom is -0.394 e. The van der Waals surface area contributed by atoms with Crippen molar-refractivity contribution in [3.63, 3.8) is 0 Å². The van der Waals surface area contributed by atoms with Crippen LogP contribution in [0.2, 0.25) is 5.02 Å². The molecule has 2 amide bonds. The first-order valence-electron chi connectivity index (χ1n) is 17.6. The molecule has 5 atom stereocenters. The van der Waals surface area contributed by atoms with E-state index in [1.54, 1.807) is 48.7 Å². The van der Waals surface area contributed by atoms with Crippen molar-refractivity contribution < 1.29 is 52.7 Å². The summed E-state index contributed by atoms with van der Waals surface area (Å²) in [5.41, 5.74) is 3.68. The molecule has 56 heavy (non-hydrogen) atoms. The molecule has 2 aliphatic heterocycles. The number of nitrogens with one attached hydrogen (secondary N) is 2. The number of carbonyl (C=O) groups excluding carboxylic acids is 2. The molecule has 0 spiro atoms. The molecule has 298 valence electrons. The molecule has 6 rings (SSSR count). The van der Waals surface area contributed by atoms with E-state index in [1.807, 2.05) is 0 Å². The summed E-state index contributed by atoms with van der Waals surface area (Å²) in [5, 5.41) is 53.8. The fraction of sp³-hybridized carbons (Fsp3) is 0.378. The van der Waals surface area contributed by atoms with Crippen LogP contribution in [0.4, 0.5) is 24.5 Å². The lowest BCUT2D eigenvalue weighted by Gasteiger charge is -2.39. The predicted molar refractivity (Wildman–Crippen MR) is 196 cm³/mol. The van der Waals surface area contributed by atoms with Gasteiger partial charge in [-0.3, -0.25) is 9.59 Å². The number of nitrogens with zero attached hydrogens (tertiary/aromatic N) is 5. The smallest absolute Gasteiger partial charge is 0.394 e. The maximum Gasteiger partial charge on any atom is 0.417 e. The number of aliphatic hydroxyl groups is 4. The fourth-order valence-electron chi connectivity index (χ4n) is 6.29. The zero-order valence-corrected chi connectivity index (χ0v) is 30.4. The molecule has 3 heterocycles. The SMILES string of the molecule is O=C(Nc1ccc(N2CCCCC2)cc1C(=O)N/N=C/c1ccc(Cl)c(C(F)(F)F)c1)c1cccc(Cn2cc(COC3O[C@@H](CO)[C@H](O)[C@@H](O)[C@@H]3O)nn2)c1. The summed E-state index contributed by atoms with van der Waals surface area (Å²) < 4.78 is 52.4. The van der Waals surface area contributed by atoms with Crippen LogP contribution in [0.3, 0.4) is 0 Å². The van der Waals surface area contributed by atoms with Crippen molar-refractivity contribution in [3.8, 4) is 0 Å². The minimum absolute atomic E-state index is 0.0565. The second kappa shape index (κ2) is 17.9. The molecular weight excluding hydrogens is 763 g/mol. The van der Waals surface area contributed by atoms with Gasteiger partial charge in [-0.2, -0.15) is 18.3 Å². The summed E-state index contributed by atoms with van der Waals surface area (Å²) in [5.74, 6) is -1.23. The molecule has 15 nitrogen and oxygen atoms in total. The quantitative estimate of drug-likeness (QED) is 0.0907. The van der Waals surface area contributed by atoms with Gasteiger partial charge in [-0.15, -0.1) is 5.10 Å². The average molecular weight is 802 g/mol. The molecular formula is C37H39ClF3N7O8. The van der Waals surface area contributed by atoms with Crippen molar-refractivity contribution in [2.45, 2.75) is 69.3 Å². The lowest BCUT2D eigenvalue weighted by molar-refractivity contribution is -0.304. The number of halogens is 4. The van der Waals surface area contributed by atoms with Crippen LogP contribution in [-0.2, 0) is 28.8 Å². The fourth-order valence-corrected chi connectivity index (χ4v) is 6.52. The largest absolute Gasteiger partial charge is 0.417 e. The van der Waals surface area contributed by atoms with Crippen molar-refractivity contribution in [1.29, 1.82) is 0 Å². The van der Waals surface area contributed by atoms with Crippen LogP contribution < -0.4 is 15.6 Å². The van der Waals surface area contributed by atoms with Crippen LogP contribution in [0.25, 0.3) is 0 Å². The van der Waals surface area contributed by atoms with Crippen LogP contribution >= 0.6 is 11.6 Å². The van der Waals surface area contributed by atoms with Gasteiger partial charge in [-0.25, -0.2) is 10.1 Å². The van der Waals surface area contributed by atoms with Crippen molar-refractivity contribution >= 4 is 41.0 Å². The number of rotatable bonds is 12. The van der Waals surface area contributed by atoms with Gasteiger partial charge in [0.15, 0.2) is 6.29 Å². The number of anilines is 2. The first kappa shape index (κ1) is 40.7. The Kier molecular flexibility index (Phi) is 13.0. The summed E-state index contributed by atoms with van der Waals surface area (Å²) >= 11 is 5.71. The number of piperidine rings is 1. The normalized spacial score (nSPS) is 21.6. The third kappa shape index (κ3) is 9.88. The molecule has 1 unspecified atom stereocenters. The highest BCUT2D eigenvalue weighted by Crippen LogP contribution is 2.35. The van der Waals surface area contributed by atoms with E-state index < -0.39 is 65.9 Å². The zero-order chi connectivity index (χ0) is 40.0. The Morgan fingerprint density at radius 3 is 2.54 bits per heavy atom. The van der Waals surface area contributed by atoms with E-state index in [1.165, 1.54) is 10.7 Å². The highest BCUT2D eigenvalue weighted by Gasteiger charge is 2.44. The van der Waals surface area contributed by atoms with Crippen LogP contribution in [0, 0.1) is 0 Å². The molecule has 0 saturated carbocycles. The molecule has 2 aliphatic rings. The number of aliphatic hydroxyl groups excluding tert-OH is 4. The maximum absolute atomic E-state index is 13.6. The van der Waals surface area contributed by atoms with E-state index in [-0.39, 0.29) is 35.5 Å². The van der Waals surface area contributed by atoms with E-state index >= 15 is 0 Å². The third-order valence-corrected chi connectivity index (χ3v) is 9.59. The number of hydrogen-bond donors (Lipinski definition) is 6. The van der Waals surface area contributed by atoms with E-state index in [9.17, 15) is 43.2 Å². The molecule has 0 aliphatic carbocycles. The van der Waals surface area contributed by atoms with E-state index in [4.69, 9.17) is 21.1 Å². The molecule has 1 aromatic heterocycles. The Bertz CT molecular complexity index is 2040. The molecule has 0 bridgehead atoms. The highest BCUT2D eigenvalue weighted by atomic mass is 35.5. The zero-order valence-electron chi connectivity index (χ0n) is 29.6. The highest BCUT2D eigenvalue weighted by molar-refractivity contribution is 6.31. The lowest BCUT2D eigenvalue weighted by Crippen LogP contribution is -2.59. The summed E-state index contributed by atoms with van der Waals surface area (Å²) in [7, 11) is 0. The summed E-state index contributed by atoms with van der Waals surface area (Å²) in [4.78, 5) is 29.2. The topological polar surface area (TPSA) is 204 Å². The third-order valence-electron chi connectivity index (χ3n) is 9.26. The van der Waals surface area contributed by atoms with Crippen LogP contribution in [-0.4, -0.2) is 104 Å². The van der Waals surface area contributed by atoms with Crippen molar-refractivity contribution in [2.24, 2.45) is 5.10 Å². The Morgan fingerprint density at radius 1 is 1.00 bits per heavy atom. The molecule has 2 fully saturated rings. The van der Waals surface area contributed by atoms with E-state index in [2.05, 4.69) is 31.1 Å². The second-order valence-corrected chi connectivity index (χ2v) is 13.7. The molecule has 6 N–H and O–H groups in total. The first-order chi connectivity index (χ1) is 26.8. The van der Waals surface area contributed by atoms with Gasteiger partial charge in [0, 0.05) is 24.3 Å². The lowest BCUT2D eigenvalue weighted by atomic mass is 9.99. The van der Waals surface area contributed by atoms with Crippen LogP contribution in [0.1, 0.15) is 62.4 Å².